The third kappa shape index (κ3) is 26.3. The molecule has 0 saturated heterocycles. The average Bonchev–Trinajstić information content (AvgIpc) is 2.94. The van der Waals surface area contributed by atoms with Crippen molar-refractivity contribution in [2.45, 2.75) is 70.4 Å². The van der Waals surface area contributed by atoms with Crippen molar-refractivity contribution in [2.75, 3.05) is 98.9 Å². The first-order chi connectivity index (χ1) is 20.2. The molecule has 0 saturated carbocycles. The summed E-state index contributed by atoms with van der Waals surface area (Å²) < 4.78 is 32.5. The molecule has 0 spiro atoms. The van der Waals surface area contributed by atoms with Crippen LogP contribution in [0.3, 0.4) is 0 Å². The zero-order valence-electron chi connectivity index (χ0n) is 25.4. The standard InChI is InChI=1S/C28H55NO13/c1-3-4-24(31)26(33)21-29(22-27(34)25(32)5-6-28(35)36)8-10-38-12-14-40-16-18-42-20-19-41-17-15-39-13-11-37-9-7-23(2)30/h24-27,31-34H,3-22H2,1-2H3,(H,35,36). The summed E-state index contributed by atoms with van der Waals surface area (Å²) in [5.74, 6) is -0.960. The summed E-state index contributed by atoms with van der Waals surface area (Å²) in [5, 5.41) is 49.5. The normalized spacial score (nSPS) is 14.6. The van der Waals surface area contributed by atoms with Crippen LogP contribution >= 0.6 is 0 Å². The summed E-state index contributed by atoms with van der Waals surface area (Å²) in [6, 6.07) is 0. The predicted molar refractivity (Wildman–Crippen MR) is 152 cm³/mol. The molecule has 0 aliphatic carbocycles. The Morgan fingerprint density at radius 2 is 0.952 bits per heavy atom. The fourth-order valence-electron chi connectivity index (χ4n) is 3.59. The monoisotopic (exact) mass is 613 g/mol. The van der Waals surface area contributed by atoms with Gasteiger partial charge in [0, 0.05) is 32.5 Å². The van der Waals surface area contributed by atoms with Crippen LogP contribution in [0.4, 0.5) is 0 Å². The highest BCUT2D eigenvalue weighted by Gasteiger charge is 2.24. The molecule has 0 aromatic heterocycles. The van der Waals surface area contributed by atoms with Gasteiger partial charge in [0.1, 0.15) is 5.78 Å². The Kier molecular flexibility index (Phi) is 27.6. The Morgan fingerprint density at radius 1 is 0.571 bits per heavy atom. The summed E-state index contributed by atoms with van der Waals surface area (Å²) >= 11 is 0. The molecule has 0 aliphatic heterocycles. The topological polar surface area (TPSA) is 194 Å². The molecular weight excluding hydrogens is 558 g/mol. The molecule has 5 N–H and O–H groups in total. The quantitative estimate of drug-likeness (QED) is 0.0608. The number of nitrogens with zero attached hydrogens (tertiary/aromatic N) is 1. The number of carboxylic acids is 1. The molecular formula is C28H55NO13. The van der Waals surface area contributed by atoms with E-state index in [2.05, 4.69) is 0 Å². The van der Waals surface area contributed by atoms with Crippen molar-refractivity contribution in [3.63, 3.8) is 0 Å². The second-order valence-electron chi connectivity index (χ2n) is 9.88. The molecule has 4 atom stereocenters. The fraction of sp³-hybridized carbons (Fsp3) is 0.929. The van der Waals surface area contributed by atoms with Crippen molar-refractivity contribution in [3.05, 3.63) is 0 Å². The van der Waals surface area contributed by atoms with Gasteiger partial charge >= 0.3 is 5.97 Å². The van der Waals surface area contributed by atoms with E-state index in [0.29, 0.717) is 98.5 Å². The van der Waals surface area contributed by atoms with Crippen LogP contribution in [0.1, 0.15) is 46.0 Å². The van der Waals surface area contributed by atoms with Gasteiger partial charge in [-0.25, -0.2) is 0 Å². The highest BCUT2D eigenvalue weighted by Crippen LogP contribution is 2.09. The van der Waals surface area contributed by atoms with Gasteiger partial charge in [-0.3, -0.25) is 14.5 Å². The van der Waals surface area contributed by atoms with Gasteiger partial charge in [0.05, 0.1) is 104 Å². The number of rotatable bonds is 32. The number of aliphatic hydroxyl groups excluding tert-OH is 4. The Hall–Kier alpha value is -1.30. The first-order valence-electron chi connectivity index (χ1n) is 14.8. The maximum absolute atomic E-state index is 10.8. The molecule has 14 heteroatoms. The molecule has 0 fully saturated rings. The highest BCUT2D eigenvalue weighted by molar-refractivity contribution is 5.75. The summed E-state index contributed by atoms with van der Waals surface area (Å²) in [6.45, 7) is 8.62. The second-order valence-corrected chi connectivity index (χ2v) is 9.88. The minimum atomic E-state index is -1.22. The summed E-state index contributed by atoms with van der Waals surface area (Å²) in [4.78, 5) is 23.2. The minimum absolute atomic E-state index is 0.0111. The van der Waals surface area contributed by atoms with E-state index in [1.807, 2.05) is 6.92 Å². The lowest BCUT2D eigenvalue weighted by Gasteiger charge is -2.30. The molecule has 14 nitrogen and oxygen atoms in total. The number of ether oxygens (including phenoxy) is 6. The van der Waals surface area contributed by atoms with E-state index < -0.39 is 30.4 Å². The lowest BCUT2D eigenvalue weighted by atomic mass is 10.1. The van der Waals surface area contributed by atoms with Crippen LogP contribution in [0.5, 0.6) is 0 Å². The fourth-order valence-corrected chi connectivity index (χ4v) is 3.59. The number of carboxylic acid groups (broad SMARTS) is 1. The van der Waals surface area contributed by atoms with E-state index in [1.165, 1.54) is 6.92 Å². The van der Waals surface area contributed by atoms with Crippen molar-refractivity contribution in [3.8, 4) is 0 Å². The highest BCUT2D eigenvalue weighted by atomic mass is 16.6. The van der Waals surface area contributed by atoms with Crippen LogP contribution in [0.15, 0.2) is 0 Å². The van der Waals surface area contributed by atoms with E-state index in [1.54, 1.807) is 4.90 Å². The smallest absolute Gasteiger partial charge is 0.303 e. The van der Waals surface area contributed by atoms with Crippen LogP contribution in [-0.4, -0.2) is 166 Å². The molecule has 0 aromatic carbocycles. The number of hydrogen-bond donors (Lipinski definition) is 5. The molecule has 42 heavy (non-hydrogen) atoms. The van der Waals surface area contributed by atoms with Gasteiger partial charge in [-0.15, -0.1) is 0 Å². The van der Waals surface area contributed by atoms with Crippen molar-refractivity contribution < 1.29 is 63.5 Å². The van der Waals surface area contributed by atoms with Crippen molar-refractivity contribution in [1.29, 1.82) is 0 Å². The van der Waals surface area contributed by atoms with Crippen molar-refractivity contribution >= 4 is 11.8 Å². The zero-order chi connectivity index (χ0) is 31.4. The van der Waals surface area contributed by atoms with E-state index in [-0.39, 0.29) is 38.3 Å². The van der Waals surface area contributed by atoms with Gasteiger partial charge in [0.25, 0.3) is 0 Å². The summed E-state index contributed by atoms with van der Waals surface area (Å²) in [6.07, 6.45) is -3.19. The minimum Gasteiger partial charge on any atom is -0.481 e. The zero-order valence-corrected chi connectivity index (χ0v) is 25.4. The largest absolute Gasteiger partial charge is 0.481 e. The van der Waals surface area contributed by atoms with Gasteiger partial charge in [-0.05, 0) is 19.8 Å². The Labute approximate surface area is 249 Å². The molecule has 0 radical (unpaired) electrons. The van der Waals surface area contributed by atoms with Gasteiger partial charge in [-0.1, -0.05) is 13.3 Å². The number of Topliss-reactive ketones (excluding diaryl/α,β-unsaturated/α-hetero) is 1. The van der Waals surface area contributed by atoms with Crippen LogP contribution in [0.25, 0.3) is 0 Å². The van der Waals surface area contributed by atoms with Gasteiger partial charge in [0.15, 0.2) is 0 Å². The van der Waals surface area contributed by atoms with Crippen molar-refractivity contribution in [2.24, 2.45) is 0 Å². The lowest BCUT2D eigenvalue weighted by Crippen LogP contribution is -2.46. The molecule has 0 heterocycles. The number of hydrogen-bond acceptors (Lipinski definition) is 13. The van der Waals surface area contributed by atoms with Crippen molar-refractivity contribution in [1.82, 2.24) is 4.90 Å². The SMILES string of the molecule is CCCC(O)C(O)CN(CCOCCOCCOCCOCCOCCOCCC(C)=O)CC(O)C(O)CCC(=O)O. The van der Waals surface area contributed by atoms with E-state index in [0.717, 1.165) is 0 Å². The maximum Gasteiger partial charge on any atom is 0.303 e. The number of aliphatic carboxylic acids is 1. The third-order valence-electron chi connectivity index (χ3n) is 6.03. The third-order valence-corrected chi connectivity index (χ3v) is 6.03. The number of aliphatic hydroxyl groups is 4. The number of carbonyl (C=O) groups excluding carboxylic acids is 1. The van der Waals surface area contributed by atoms with Crippen LogP contribution in [-0.2, 0) is 38.0 Å². The number of carbonyl (C=O) groups is 2. The lowest BCUT2D eigenvalue weighted by molar-refractivity contribution is -0.138. The van der Waals surface area contributed by atoms with Gasteiger partial charge in [-0.2, -0.15) is 0 Å². The molecule has 0 aromatic rings. The van der Waals surface area contributed by atoms with E-state index in [9.17, 15) is 30.0 Å². The maximum atomic E-state index is 10.8. The van der Waals surface area contributed by atoms with Gasteiger partial charge < -0.3 is 54.0 Å². The van der Waals surface area contributed by atoms with Crippen LogP contribution < -0.4 is 0 Å². The summed E-state index contributed by atoms with van der Waals surface area (Å²) in [7, 11) is 0. The van der Waals surface area contributed by atoms with E-state index >= 15 is 0 Å². The van der Waals surface area contributed by atoms with Gasteiger partial charge in [0.2, 0.25) is 0 Å². The molecule has 4 unspecified atom stereocenters. The molecule has 0 bridgehead atoms. The predicted octanol–water partition coefficient (Wildman–Crippen LogP) is -0.524. The molecule has 0 rings (SSSR count). The first-order valence-corrected chi connectivity index (χ1v) is 14.8. The Morgan fingerprint density at radius 3 is 1.33 bits per heavy atom. The van der Waals surface area contributed by atoms with Crippen LogP contribution in [0.2, 0.25) is 0 Å². The number of ketones is 1. The molecule has 0 aliphatic rings. The first kappa shape index (κ1) is 40.7. The molecule has 250 valence electrons. The Balaban J connectivity index is 3.88. The average molecular weight is 614 g/mol. The summed E-state index contributed by atoms with van der Waals surface area (Å²) in [5.41, 5.74) is 0. The second kappa shape index (κ2) is 28.5. The van der Waals surface area contributed by atoms with E-state index in [4.69, 9.17) is 33.5 Å². The van der Waals surface area contributed by atoms with Crippen LogP contribution in [0, 0.1) is 0 Å². The Bertz CT molecular complexity index is 643. The molecule has 0 amide bonds.